The molecule has 6 nitrogen and oxygen atoms in total. The first-order valence-corrected chi connectivity index (χ1v) is 16.0. The van der Waals surface area contributed by atoms with Crippen molar-refractivity contribution in [2.75, 3.05) is 6.61 Å². The highest BCUT2D eigenvalue weighted by atomic mass is 32.2. The van der Waals surface area contributed by atoms with Crippen LogP contribution in [0.3, 0.4) is 0 Å². The zero-order valence-corrected chi connectivity index (χ0v) is 24.2. The molecule has 4 aromatic rings. The Bertz CT molecular complexity index is 1700. The lowest BCUT2D eigenvalue weighted by molar-refractivity contribution is -0.137. The Morgan fingerprint density at radius 3 is 2.38 bits per heavy atom. The number of sulfonamides is 1. The molecule has 1 aliphatic carbocycles. The molecule has 0 amide bonds. The Balaban J connectivity index is 1.29. The van der Waals surface area contributed by atoms with Crippen LogP contribution in [0, 0.1) is 5.92 Å². The van der Waals surface area contributed by atoms with Crippen LogP contribution in [0.4, 0.5) is 0 Å². The first kappa shape index (κ1) is 28.3. The molecule has 1 saturated carbocycles. The van der Waals surface area contributed by atoms with Crippen LogP contribution < -0.4 is 4.72 Å². The van der Waals surface area contributed by atoms with Crippen LogP contribution in [-0.2, 0) is 25.0 Å². The molecule has 2 aliphatic rings. The molecule has 2 fully saturated rings. The zero-order chi connectivity index (χ0) is 29.2. The fourth-order valence-corrected chi connectivity index (χ4v) is 8.05. The van der Waals surface area contributed by atoms with Gasteiger partial charge in [-0.2, -0.15) is 0 Å². The summed E-state index contributed by atoms with van der Waals surface area (Å²) in [5, 5.41) is 10.8. The van der Waals surface area contributed by atoms with Crippen LogP contribution in [0.5, 0.6) is 0 Å². The lowest BCUT2D eigenvalue weighted by Crippen LogP contribution is -2.51. The number of nitrogens with one attached hydrogen (secondary N) is 1. The zero-order valence-electron chi connectivity index (χ0n) is 23.4. The number of unbranched alkanes of at least 4 members (excludes halogenated alkanes) is 1. The number of rotatable bonds is 11. The average molecular weight is 582 g/mol. The molecule has 4 aromatic carbocycles. The highest BCUT2D eigenvalue weighted by molar-refractivity contribution is 7.89. The third-order valence-electron chi connectivity index (χ3n) is 8.87. The Morgan fingerprint density at radius 1 is 0.905 bits per heavy atom. The van der Waals surface area contributed by atoms with E-state index in [4.69, 9.17) is 9.84 Å². The van der Waals surface area contributed by atoms with Gasteiger partial charge in [0.25, 0.3) is 0 Å². The van der Waals surface area contributed by atoms with E-state index in [0.29, 0.717) is 25.9 Å². The van der Waals surface area contributed by atoms with Crippen LogP contribution in [0.25, 0.3) is 21.9 Å². The smallest absolute Gasteiger partial charge is 0.303 e. The number of aliphatic carboxylic acids is 1. The molecule has 1 saturated heterocycles. The molecule has 0 spiro atoms. The maximum absolute atomic E-state index is 13.7. The van der Waals surface area contributed by atoms with Crippen molar-refractivity contribution in [3.05, 3.63) is 115 Å². The van der Waals surface area contributed by atoms with Gasteiger partial charge in [-0.3, -0.25) is 4.79 Å². The molecule has 4 atom stereocenters. The molecule has 0 aromatic heterocycles. The van der Waals surface area contributed by atoms with Gasteiger partial charge in [-0.25, -0.2) is 13.1 Å². The summed E-state index contributed by atoms with van der Waals surface area (Å²) in [5.41, 5.74) is 3.10. The fraction of sp³-hybridized carbons (Fsp3) is 0.286. The van der Waals surface area contributed by atoms with Crippen molar-refractivity contribution in [3.8, 4) is 11.1 Å². The Kier molecular flexibility index (Phi) is 7.99. The third kappa shape index (κ3) is 5.64. The van der Waals surface area contributed by atoms with Crippen molar-refractivity contribution in [1.82, 2.24) is 4.72 Å². The van der Waals surface area contributed by atoms with E-state index in [1.165, 1.54) is 0 Å². The van der Waals surface area contributed by atoms with Gasteiger partial charge in [-0.15, -0.1) is 0 Å². The normalized spacial score (nSPS) is 23.6. The van der Waals surface area contributed by atoms with E-state index in [2.05, 4.69) is 47.2 Å². The predicted molar refractivity (Wildman–Crippen MR) is 165 cm³/mol. The molecule has 2 bridgehead atoms. The van der Waals surface area contributed by atoms with E-state index in [1.54, 1.807) is 12.1 Å². The molecule has 2 N–H and O–H groups in total. The van der Waals surface area contributed by atoms with Gasteiger partial charge in [0.1, 0.15) is 0 Å². The van der Waals surface area contributed by atoms with Crippen LogP contribution in [0.15, 0.2) is 114 Å². The SMILES string of the molecule is O=C(O)CCCC=CC[C@H]1[C@H](NS(=O)(=O)c2ccc3ccccc3c2)[C@@H]2C[C@@]1(c1ccc(-c3ccccc3)cc1)CO2. The van der Waals surface area contributed by atoms with Crippen molar-refractivity contribution >= 4 is 26.8 Å². The summed E-state index contributed by atoms with van der Waals surface area (Å²) < 4.78 is 36.8. The van der Waals surface area contributed by atoms with Gasteiger partial charge in [0.15, 0.2) is 0 Å². The monoisotopic (exact) mass is 581 g/mol. The van der Waals surface area contributed by atoms with Gasteiger partial charge >= 0.3 is 5.97 Å². The summed E-state index contributed by atoms with van der Waals surface area (Å²) >= 11 is 0. The van der Waals surface area contributed by atoms with Gasteiger partial charge < -0.3 is 9.84 Å². The number of fused-ring (bicyclic) bond motifs is 3. The first-order chi connectivity index (χ1) is 20.4. The number of ether oxygens (including phenoxy) is 1. The quantitative estimate of drug-likeness (QED) is 0.152. The van der Waals surface area contributed by atoms with Gasteiger partial charge in [0.2, 0.25) is 10.0 Å². The number of hydrogen-bond acceptors (Lipinski definition) is 4. The maximum atomic E-state index is 13.7. The van der Waals surface area contributed by atoms with Gasteiger partial charge in [0, 0.05) is 11.8 Å². The molecule has 0 unspecified atom stereocenters. The number of carboxylic acid groups (broad SMARTS) is 1. The molecule has 42 heavy (non-hydrogen) atoms. The lowest BCUT2D eigenvalue weighted by atomic mass is 9.70. The standard InChI is InChI=1S/C35H35NO5S/c37-33(38)15-7-2-1-6-14-31-34(36-42(39,40)30-21-18-26-12-8-9-13-28(26)22-30)32-23-35(31,24-41-32)29-19-16-27(17-20-29)25-10-4-3-5-11-25/h1,3-6,8-13,16-22,31-32,34,36H,2,7,14-15,23-24H2,(H,37,38)/t31-,32-,34-,35-/m0/s1. The number of benzene rings is 4. The van der Waals surface area contributed by atoms with E-state index in [0.717, 1.165) is 33.9 Å². The molecule has 7 heteroatoms. The number of allylic oxidation sites excluding steroid dienone is 2. The number of carbonyl (C=O) groups is 1. The average Bonchev–Trinajstić information content (AvgIpc) is 3.57. The van der Waals surface area contributed by atoms with E-state index < -0.39 is 22.0 Å². The predicted octanol–water partition coefficient (Wildman–Crippen LogP) is 6.71. The highest BCUT2D eigenvalue weighted by Crippen LogP contribution is 2.54. The molecular formula is C35H35NO5S. The second-order valence-corrected chi connectivity index (χ2v) is 13.1. The summed E-state index contributed by atoms with van der Waals surface area (Å²) in [4.78, 5) is 11.1. The minimum Gasteiger partial charge on any atom is -0.481 e. The summed E-state index contributed by atoms with van der Waals surface area (Å²) in [7, 11) is -3.81. The Hall–Kier alpha value is -3.78. The van der Waals surface area contributed by atoms with Crippen molar-refractivity contribution < 1.29 is 23.1 Å². The van der Waals surface area contributed by atoms with E-state index in [9.17, 15) is 13.2 Å². The minimum atomic E-state index is -3.81. The molecule has 1 heterocycles. The topological polar surface area (TPSA) is 92.7 Å². The maximum Gasteiger partial charge on any atom is 0.303 e. The first-order valence-electron chi connectivity index (χ1n) is 14.5. The van der Waals surface area contributed by atoms with Crippen LogP contribution in [0.1, 0.15) is 37.7 Å². The molecule has 216 valence electrons. The van der Waals surface area contributed by atoms with Gasteiger partial charge in [0.05, 0.1) is 23.6 Å². The van der Waals surface area contributed by atoms with Crippen LogP contribution in [-0.4, -0.2) is 38.2 Å². The highest BCUT2D eigenvalue weighted by Gasteiger charge is 2.60. The van der Waals surface area contributed by atoms with Crippen LogP contribution in [0.2, 0.25) is 0 Å². The summed E-state index contributed by atoms with van der Waals surface area (Å²) in [6, 6.07) is 31.4. The fourth-order valence-electron chi connectivity index (χ4n) is 6.71. The largest absolute Gasteiger partial charge is 0.481 e. The van der Waals surface area contributed by atoms with E-state index in [-0.39, 0.29) is 28.8 Å². The number of carboxylic acids is 1. The lowest BCUT2D eigenvalue weighted by Gasteiger charge is -2.39. The third-order valence-corrected chi connectivity index (χ3v) is 10.3. The molecule has 6 rings (SSSR count). The van der Waals surface area contributed by atoms with Crippen LogP contribution >= 0.6 is 0 Å². The van der Waals surface area contributed by atoms with Gasteiger partial charge in [-0.1, -0.05) is 97.1 Å². The second kappa shape index (κ2) is 11.8. The molecular weight excluding hydrogens is 546 g/mol. The van der Waals surface area contributed by atoms with Gasteiger partial charge in [-0.05, 0) is 71.2 Å². The molecule has 1 aliphatic heterocycles. The minimum absolute atomic E-state index is 0.0234. The summed E-state index contributed by atoms with van der Waals surface area (Å²) in [6.45, 7) is 0.536. The van der Waals surface area contributed by atoms with Crippen molar-refractivity contribution in [2.24, 2.45) is 5.92 Å². The number of hydrogen-bond donors (Lipinski definition) is 2. The Labute approximate surface area is 247 Å². The van der Waals surface area contributed by atoms with Crippen molar-refractivity contribution in [1.29, 1.82) is 0 Å². The Morgan fingerprint density at radius 2 is 1.62 bits per heavy atom. The summed E-state index contributed by atoms with van der Waals surface area (Å²) in [5.74, 6) is -0.820. The van der Waals surface area contributed by atoms with Crippen molar-refractivity contribution in [2.45, 2.75) is 54.6 Å². The summed E-state index contributed by atoms with van der Waals surface area (Å²) in [6.07, 6.45) is 6.66. The van der Waals surface area contributed by atoms with Crippen molar-refractivity contribution in [3.63, 3.8) is 0 Å². The molecule has 0 radical (unpaired) electrons. The van der Waals surface area contributed by atoms with E-state index in [1.807, 2.05) is 54.6 Å². The second-order valence-electron chi connectivity index (χ2n) is 11.4. The van der Waals surface area contributed by atoms with E-state index >= 15 is 0 Å².